The van der Waals surface area contributed by atoms with Gasteiger partial charge in [0.2, 0.25) is 5.91 Å². The summed E-state index contributed by atoms with van der Waals surface area (Å²) in [5, 5.41) is 4.51. The number of hydrogen-bond acceptors (Lipinski definition) is 3. The molecule has 0 radical (unpaired) electrons. The number of imidazole rings is 1. The van der Waals surface area contributed by atoms with Gasteiger partial charge >= 0.3 is 0 Å². The molecule has 6 heteroatoms. The first kappa shape index (κ1) is 17.9. The van der Waals surface area contributed by atoms with E-state index in [-0.39, 0.29) is 11.9 Å². The van der Waals surface area contributed by atoms with Gasteiger partial charge in [0.15, 0.2) is 5.16 Å². The summed E-state index contributed by atoms with van der Waals surface area (Å²) in [6.07, 6.45) is 5.68. The van der Waals surface area contributed by atoms with Gasteiger partial charge < -0.3 is 5.32 Å². The van der Waals surface area contributed by atoms with Gasteiger partial charge in [-0.15, -0.1) is 0 Å². The standard InChI is InChI=1S/C17H22ClN3OS/c1-4-6-12(2)20-16(22)11-23-17-19-9-10-21(17)15-8-5-7-14(18)13(15)3/h5,7-10,12H,4,6,11H2,1-3H3,(H,20,22). The second kappa shape index (κ2) is 8.41. The monoisotopic (exact) mass is 351 g/mol. The summed E-state index contributed by atoms with van der Waals surface area (Å²) in [6.45, 7) is 6.12. The Balaban J connectivity index is 2.04. The third kappa shape index (κ3) is 4.75. The highest BCUT2D eigenvalue weighted by molar-refractivity contribution is 7.99. The third-order valence-corrected chi connectivity index (χ3v) is 4.94. The molecule has 0 aliphatic heterocycles. The number of carbonyl (C=O) groups is 1. The average molecular weight is 352 g/mol. The number of aromatic nitrogens is 2. The maximum atomic E-state index is 12.0. The summed E-state index contributed by atoms with van der Waals surface area (Å²) < 4.78 is 1.97. The molecule has 2 aromatic rings. The van der Waals surface area contributed by atoms with Crippen molar-refractivity contribution in [2.75, 3.05) is 5.75 Å². The lowest BCUT2D eigenvalue weighted by Crippen LogP contribution is -2.33. The molecule has 0 fully saturated rings. The number of carbonyl (C=O) groups excluding carboxylic acids is 1. The topological polar surface area (TPSA) is 46.9 Å². The molecule has 0 aliphatic rings. The molecule has 124 valence electrons. The summed E-state index contributed by atoms with van der Waals surface area (Å²) in [7, 11) is 0. The molecule has 2 rings (SSSR count). The van der Waals surface area contributed by atoms with Crippen molar-refractivity contribution < 1.29 is 4.79 Å². The van der Waals surface area contributed by atoms with Crippen LogP contribution in [0.1, 0.15) is 32.3 Å². The second-order valence-electron chi connectivity index (χ2n) is 5.51. The third-order valence-electron chi connectivity index (χ3n) is 3.57. The van der Waals surface area contributed by atoms with Crippen molar-refractivity contribution in [3.63, 3.8) is 0 Å². The molecule has 0 saturated heterocycles. The minimum absolute atomic E-state index is 0.0355. The fraction of sp³-hybridized carbons (Fsp3) is 0.412. The summed E-state index contributed by atoms with van der Waals surface area (Å²) >= 11 is 7.62. The van der Waals surface area contributed by atoms with E-state index in [2.05, 4.69) is 17.2 Å². The average Bonchev–Trinajstić information content (AvgIpc) is 2.96. The minimum Gasteiger partial charge on any atom is -0.353 e. The Morgan fingerprint density at radius 3 is 3.00 bits per heavy atom. The van der Waals surface area contributed by atoms with E-state index in [0.29, 0.717) is 5.75 Å². The first-order valence-corrected chi connectivity index (χ1v) is 9.10. The van der Waals surface area contributed by atoms with Crippen LogP contribution in [0, 0.1) is 6.92 Å². The van der Waals surface area contributed by atoms with E-state index in [9.17, 15) is 4.79 Å². The molecule has 23 heavy (non-hydrogen) atoms. The van der Waals surface area contributed by atoms with Crippen LogP contribution in [-0.2, 0) is 4.79 Å². The van der Waals surface area contributed by atoms with Crippen molar-refractivity contribution in [2.24, 2.45) is 0 Å². The summed E-state index contributed by atoms with van der Waals surface area (Å²) in [5.74, 6) is 0.387. The van der Waals surface area contributed by atoms with Gasteiger partial charge in [0.1, 0.15) is 0 Å². The van der Waals surface area contributed by atoms with Gasteiger partial charge in [0.05, 0.1) is 11.4 Å². The Labute approximate surface area is 146 Å². The van der Waals surface area contributed by atoms with Gasteiger partial charge in [0.25, 0.3) is 0 Å². The Bertz CT molecular complexity index is 672. The van der Waals surface area contributed by atoms with Crippen molar-refractivity contribution in [1.82, 2.24) is 14.9 Å². The highest BCUT2D eigenvalue weighted by atomic mass is 35.5. The quantitative estimate of drug-likeness (QED) is 0.759. The molecule has 0 aliphatic carbocycles. The molecular formula is C17H22ClN3OS. The second-order valence-corrected chi connectivity index (χ2v) is 6.86. The van der Waals surface area contributed by atoms with Crippen molar-refractivity contribution in [3.8, 4) is 5.69 Å². The van der Waals surface area contributed by atoms with E-state index in [0.717, 1.165) is 34.3 Å². The number of hydrogen-bond donors (Lipinski definition) is 1. The first-order valence-electron chi connectivity index (χ1n) is 7.74. The zero-order valence-electron chi connectivity index (χ0n) is 13.7. The normalized spacial score (nSPS) is 12.2. The molecule has 0 bridgehead atoms. The van der Waals surface area contributed by atoms with E-state index in [1.54, 1.807) is 6.20 Å². The maximum absolute atomic E-state index is 12.0. The lowest BCUT2D eigenvalue weighted by molar-refractivity contribution is -0.119. The van der Waals surface area contributed by atoms with Crippen LogP contribution in [0.25, 0.3) is 5.69 Å². The number of benzene rings is 1. The zero-order chi connectivity index (χ0) is 16.8. The molecule has 1 atom stereocenters. The van der Waals surface area contributed by atoms with Crippen molar-refractivity contribution in [3.05, 3.63) is 41.2 Å². The van der Waals surface area contributed by atoms with E-state index in [1.807, 2.05) is 42.8 Å². The van der Waals surface area contributed by atoms with E-state index in [1.165, 1.54) is 11.8 Å². The van der Waals surface area contributed by atoms with Gasteiger partial charge in [-0.3, -0.25) is 9.36 Å². The molecule has 1 aromatic carbocycles. The predicted octanol–water partition coefficient (Wildman–Crippen LogP) is 4.23. The van der Waals surface area contributed by atoms with Gasteiger partial charge in [-0.2, -0.15) is 0 Å². The predicted molar refractivity (Wildman–Crippen MR) is 96.5 cm³/mol. The van der Waals surface area contributed by atoms with Gasteiger partial charge in [-0.1, -0.05) is 42.8 Å². The SMILES string of the molecule is CCCC(C)NC(=O)CSc1nccn1-c1cccc(Cl)c1C. The fourth-order valence-electron chi connectivity index (χ4n) is 2.39. The van der Waals surface area contributed by atoms with Crippen LogP contribution in [0.15, 0.2) is 35.7 Å². The Hall–Kier alpha value is -1.46. The maximum Gasteiger partial charge on any atom is 0.230 e. The van der Waals surface area contributed by atoms with Crippen molar-refractivity contribution in [2.45, 2.75) is 44.8 Å². The molecule has 1 N–H and O–H groups in total. The van der Waals surface area contributed by atoms with Crippen LogP contribution in [0.3, 0.4) is 0 Å². The van der Waals surface area contributed by atoms with Crippen LogP contribution < -0.4 is 5.32 Å². The molecule has 0 spiro atoms. The molecule has 1 unspecified atom stereocenters. The Morgan fingerprint density at radius 1 is 1.48 bits per heavy atom. The van der Waals surface area contributed by atoms with E-state index >= 15 is 0 Å². The first-order chi connectivity index (χ1) is 11.0. The van der Waals surface area contributed by atoms with Crippen molar-refractivity contribution >= 4 is 29.3 Å². The number of halogens is 1. The molecule has 4 nitrogen and oxygen atoms in total. The summed E-state index contributed by atoms with van der Waals surface area (Å²) in [6, 6.07) is 5.99. The van der Waals surface area contributed by atoms with Crippen LogP contribution in [0.5, 0.6) is 0 Å². The van der Waals surface area contributed by atoms with Crippen LogP contribution >= 0.6 is 23.4 Å². The highest BCUT2D eigenvalue weighted by Crippen LogP contribution is 2.26. The van der Waals surface area contributed by atoms with E-state index < -0.39 is 0 Å². The Kier molecular flexibility index (Phi) is 6.54. The van der Waals surface area contributed by atoms with Gasteiger partial charge in [0, 0.05) is 23.5 Å². The van der Waals surface area contributed by atoms with Crippen molar-refractivity contribution in [1.29, 1.82) is 0 Å². The van der Waals surface area contributed by atoms with Crippen LogP contribution in [-0.4, -0.2) is 27.3 Å². The smallest absolute Gasteiger partial charge is 0.230 e. The van der Waals surface area contributed by atoms with Crippen LogP contribution in [0.2, 0.25) is 5.02 Å². The largest absolute Gasteiger partial charge is 0.353 e. The van der Waals surface area contributed by atoms with Crippen LogP contribution in [0.4, 0.5) is 0 Å². The van der Waals surface area contributed by atoms with E-state index in [4.69, 9.17) is 11.6 Å². The Morgan fingerprint density at radius 2 is 2.26 bits per heavy atom. The number of nitrogens with one attached hydrogen (secondary N) is 1. The summed E-state index contributed by atoms with van der Waals surface area (Å²) in [5.41, 5.74) is 1.98. The van der Waals surface area contributed by atoms with Gasteiger partial charge in [-0.25, -0.2) is 4.98 Å². The number of thioether (sulfide) groups is 1. The molecule has 0 saturated carbocycles. The molecule has 1 aromatic heterocycles. The van der Waals surface area contributed by atoms with Gasteiger partial charge in [-0.05, 0) is 38.0 Å². The summed E-state index contributed by atoms with van der Waals surface area (Å²) in [4.78, 5) is 16.4. The molecule has 1 heterocycles. The molecule has 1 amide bonds. The molecular weight excluding hydrogens is 330 g/mol. The number of rotatable bonds is 7. The number of amides is 1. The number of nitrogens with zero attached hydrogens (tertiary/aromatic N) is 2. The fourth-order valence-corrected chi connectivity index (χ4v) is 3.34. The lowest BCUT2D eigenvalue weighted by atomic mass is 10.2. The minimum atomic E-state index is 0.0355. The lowest BCUT2D eigenvalue weighted by Gasteiger charge is -2.13. The zero-order valence-corrected chi connectivity index (χ0v) is 15.2. The highest BCUT2D eigenvalue weighted by Gasteiger charge is 2.12.